The summed E-state index contributed by atoms with van der Waals surface area (Å²) in [5, 5.41) is 3.53. The molecular formula is C16H23NO3. The van der Waals surface area contributed by atoms with Crippen LogP contribution < -0.4 is 14.8 Å². The molecule has 4 nitrogen and oxygen atoms in total. The lowest BCUT2D eigenvalue weighted by Gasteiger charge is -2.21. The van der Waals surface area contributed by atoms with E-state index in [1.165, 1.54) is 0 Å². The normalized spacial score (nSPS) is 15.4. The topological polar surface area (TPSA) is 39.7 Å². The van der Waals surface area contributed by atoms with E-state index in [4.69, 9.17) is 14.2 Å². The van der Waals surface area contributed by atoms with E-state index in [0.717, 1.165) is 48.8 Å². The van der Waals surface area contributed by atoms with Gasteiger partial charge in [-0.2, -0.15) is 0 Å². The summed E-state index contributed by atoms with van der Waals surface area (Å²) in [6.45, 7) is 3.87. The Kier molecular flexibility index (Phi) is 5.30. The number of ether oxygens (including phenoxy) is 3. The monoisotopic (exact) mass is 277 g/mol. The zero-order valence-electron chi connectivity index (χ0n) is 12.4. The van der Waals surface area contributed by atoms with E-state index in [9.17, 15) is 0 Å². The standard InChI is InChI=1S/C16H23NO3/c1-4-9-17-16(14-6-5-10-20-14)12-7-8-13(18-2)15(11-12)19-3/h6-8,11,16-17H,4-5,9-10H2,1-3H3. The van der Waals surface area contributed by atoms with Crippen LogP contribution in [0.25, 0.3) is 0 Å². The number of rotatable bonds is 7. The molecule has 4 heteroatoms. The minimum atomic E-state index is 0.0808. The molecular weight excluding hydrogens is 254 g/mol. The molecule has 0 spiro atoms. The highest BCUT2D eigenvalue weighted by Gasteiger charge is 2.21. The molecule has 20 heavy (non-hydrogen) atoms. The van der Waals surface area contributed by atoms with Crippen LogP contribution in [0.4, 0.5) is 0 Å². The second-order valence-electron chi connectivity index (χ2n) is 4.75. The highest BCUT2D eigenvalue weighted by molar-refractivity contribution is 5.45. The summed E-state index contributed by atoms with van der Waals surface area (Å²) >= 11 is 0. The first kappa shape index (κ1) is 14.7. The van der Waals surface area contributed by atoms with Gasteiger partial charge in [0.15, 0.2) is 11.5 Å². The molecule has 0 aromatic heterocycles. The van der Waals surface area contributed by atoms with Gasteiger partial charge in [-0.3, -0.25) is 0 Å². The molecule has 0 radical (unpaired) electrons. The minimum absolute atomic E-state index is 0.0808. The maximum Gasteiger partial charge on any atom is 0.161 e. The molecule has 110 valence electrons. The van der Waals surface area contributed by atoms with Crippen molar-refractivity contribution < 1.29 is 14.2 Å². The van der Waals surface area contributed by atoms with Crippen molar-refractivity contribution in [1.82, 2.24) is 5.32 Å². The number of nitrogens with one attached hydrogen (secondary N) is 1. The maximum absolute atomic E-state index is 5.72. The third kappa shape index (κ3) is 3.25. The van der Waals surface area contributed by atoms with Crippen LogP contribution in [-0.4, -0.2) is 27.4 Å². The van der Waals surface area contributed by atoms with E-state index in [2.05, 4.69) is 24.4 Å². The Hall–Kier alpha value is -1.68. The van der Waals surface area contributed by atoms with Crippen molar-refractivity contribution in [2.75, 3.05) is 27.4 Å². The van der Waals surface area contributed by atoms with Gasteiger partial charge < -0.3 is 19.5 Å². The number of hydrogen-bond acceptors (Lipinski definition) is 4. The first-order chi connectivity index (χ1) is 9.80. The average Bonchev–Trinajstić information content (AvgIpc) is 3.01. The van der Waals surface area contributed by atoms with Gasteiger partial charge in [0.1, 0.15) is 5.76 Å². The third-order valence-corrected chi connectivity index (χ3v) is 3.36. The molecule has 0 amide bonds. The molecule has 1 heterocycles. The SMILES string of the molecule is CCCNC(C1=CCCO1)c1ccc(OC)c(OC)c1. The summed E-state index contributed by atoms with van der Waals surface area (Å²) in [6, 6.07) is 6.08. The molecule has 1 atom stereocenters. The molecule has 1 aliphatic rings. The van der Waals surface area contributed by atoms with Crippen molar-refractivity contribution in [3.63, 3.8) is 0 Å². The third-order valence-electron chi connectivity index (χ3n) is 3.36. The maximum atomic E-state index is 5.72. The zero-order valence-corrected chi connectivity index (χ0v) is 12.4. The average molecular weight is 277 g/mol. The summed E-state index contributed by atoms with van der Waals surface area (Å²) in [5.41, 5.74) is 1.13. The summed E-state index contributed by atoms with van der Waals surface area (Å²) in [5.74, 6) is 2.49. The molecule has 0 saturated heterocycles. The number of benzene rings is 1. The summed E-state index contributed by atoms with van der Waals surface area (Å²) < 4.78 is 16.4. The fourth-order valence-corrected chi connectivity index (χ4v) is 2.34. The van der Waals surface area contributed by atoms with Crippen LogP contribution in [0.2, 0.25) is 0 Å². The second-order valence-corrected chi connectivity index (χ2v) is 4.75. The van der Waals surface area contributed by atoms with Gasteiger partial charge in [-0.15, -0.1) is 0 Å². The van der Waals surface area contributed by atoms with E-state index >= 15 is 0 Å². The quantitative estimate of drug-likeness (QED) is 0.831. The van der Waals surface area contributed by atoms with Crippen LogP contribution in [0.5, 0.6) is 11.5 Å². The van der Waals surface area contributed by atoms with Gasteiger partial charge in [-0.05, 0) is 36.7 Å². The predicted octanol–water partition coefficient (Wildman–Crippen LogP) is 3.05. The highest BCUT2D eigenvalue weighted by Crippen LogP contribution is 2.33. The molecule has 1 unspecified atom stereocenters. The zero-order chi connectivity index (χ0) is 14.4. The van der Waals surface area contributed by atoms with Crippen LogP contribution >= 0.6 is 0 Å². The van der Waals surface area contributed by atoms with E-state index in [-0.39, 0.29) is 6.04 Å². The Labute approximate surface area is 120 Å². The van der Waals surface area contributed by atoms with Gasteiger partial charge >= 0.3 is 0 Å². The van der Waals surface area contributed by atoms with E-state index in [1.54, 1.807) is 14.2 Å². The molecule has 0 bridgehead atoms. The Morgan fingerprint density at radius 1 is 1.25 bits per heavy atom. The molecule has 1 aliphatic heterocycles. The fourth-order valence-electron chi connectivity index (χ4n) is 2.34. The fraction of sp³-hybridized carbons (Fsp3) is 0.500. The summed E-state index contributed by atoms with van der Waals surface area (Å²) in [7, 11) is 3.30. The number of hydrogen-bond donors (Lipinski definition) is 1. The van der Waals surface area contributed by atoms with Crippen molar-refractivity contribution in [3.05, 3.63) is 35.6 Å². The lowest BCUT2D eigenvalue weighted by Crippen LogP contribution is -2.24. The lowest BCUT2D eigenvalue weighted by atomic mass is 10.0. The first-order valence-electron chi connectivity index (χ1n) is 7.08. The molecule has 0 fully saturated rings. The van der Waals surface area contributed by atoms with Crippen LogP contribution in [0.1, 0.15) is 31.4 Å². The molecule has 0 saturated carbocycles. The highest BCUT2D eigenvalue weighted by atomic mass is 16.5. The Bertz CT molecular complexity index is 471. The van der Waals surface area contributed by atoms with Crippen molar-refractivity contribution in [2.45, 2.75) is 25.8 Å². The predicted molar refractivity (Wildman–Crippen MR) is 79.2 cm³/mol. The molecule has 2 rings (SSSR count). The summed E-state index contributed by atoms with van der Waals surface area (Å²) in [4.78, 5) is 0. The van der Waals surface area contributed by atoms with Gasteiger partial charge in [0.05, 0.1) is 26.9 Å². The van der Waals surface area contributed by atoms with Crippen molar-refractivity contribution >= 4 is 0 Å². The van der Waals surface area contributed by atoms with Crippen molar-refractivity contribution in [2.24, 2.45) is 0 Å². The van der Waals surface area contributed by atoms with Crippen LogP contribution in [0.3, 0.4) is 0 Å². The number of methoxy groups -OCH3 is 2. The second kappa shape index (κ2) is 7.20. The Morgan fingerprint density at radius 2 is 2.05 bits per heavy atom. The molecule has 1 aromatic rings. The minimum Gasteiger partial charge on any atom is -0.496 e. The van der Waals surface area contributed by atoms with Crippen LogP contribution in [-0.2, 0) is 4.74 Å². The van der Waals surface area contributed by atoms with Crippen LogP contribution in [0.15, 0.2) is 30.0 Å². The van der Waals surface area contributed by atoms with E-state index in [1.807, 2.05) is 12.1 Å². The van der Waals surface area contributed by atoms with Crippen molar-refractivity contribution in [3.8, 4) is 11.5 Å². The van der Waals surface area contributed by atoms with Gasteiger partial charge in [-0.25, -0.2) is 0 Å². The molecule has 0 aliphatic carbocycles. The van der Waals surface area contributed by atoms with Crippen LogP contribution in [0, 0.1) is 0 Å². The first-order valence-corrected chi connectivity index (χ1v) is 7.08. The Morgan fingerprint density at radius 3 is 2.65 bits per heavy atom. The van der Waals surface area contributed by atoms with Gasteiger partial charge in [0, 0.05) is 6.42 Å². The Balaban J connectivity index is 2.27. The van der Waals surface area contributed by atoms with Crippen molar-refractivity contribution in [1.29, 1.82) is 0 Å². The molecule has 1 N–H and O–H groups in total. The van der Waals surface area contributed by atoms with E-state index < -0.39 is 0 Å². The molecule has 1 aromatic carbocycles. The smallest absolute Gasteiger partial charge is 0.161 e. The largest absolute Gasteiger partial charge is 0.496 e. The van der Waals surface area contributed by atoms with E-state index in [0.29, 0.717) is 0 Å². The van der Waals surface area contributed by atoms with Gasteiger partial charge in [0.25, 0.3) is 0 Å². The summed E-state index contributed by atoms with van der Waals surface area (Å²) in [6.07, 6.45) is 4.22. The lowest BCUT2D eigenvalue weighted by molar-refractivity contribution is 0.215. The van der Waals surface area contributed by atoms with Gasteiger partial charge in [-0.1, -0.05) is 13.0 Å². The van der Waals surface area contributed by atoms with Gasteiger partial charge in [0.2, 0.25) is 0 Å².